The zero-order chi connectivity index (χ0) is 22.2. The van der Waals surface area contributed by atoms with Gasteiger partial charge in [0.1, 0.15) is 22.8 Å². The number of hydrogen-bond donors (Lipinski definition) is 1. The number of nitrogens with one attached hydrogen (secondary N) is 1. The van der Waals surface area contributed by atoms with E-state index in [4.69, 9.17) is 9.72 Å². The number of benzene rings is 2. The van der Waals surface area contributed by atoms with Crippen LogP contribution in [0, 0.1) is 6.92 Å². The number of H-pyrrole nitrogens is 1. The zero-order valence-electron chi connectivity index (χ0n) is 18.2. The van der Waals surface area contributed by atoms with E-state index in [0.717, 1.165) is 55.8 Å². The number of aryl methyl sites for hydroxylation is 1. The fourth-order valence-electron chi connectivity index (χ4n) is 4.31. The summed E-state index contributed by atoms with van der Waals surface area (Å²) in [6, 6.07) is 13.9. The number of likely N-dealkylation sites (tertiary alicyclic amines) is 1. The van der Waals surface area contributed by atoms with Crippen molar-refractivity contribution >= 4 is 40.0 Å². The van der Waals surface area contributed by atoms with Crippen molar-refractivity contribution in [2.24, 2.45) is 0 Å². The Morgan fingerprint density at radius 2 is 2.09 bits per heavy atom. The number of aromatic nitrogens is 3. The van der Waals surface area contributed by atoms with E-state index < -0.39 is 0 Å². The normalized spacial score (nSPS) is 16.1. The molecule has 2 aromatic heterocycles. The Hall–Kier alpha value is -2.84. The first-order valence-electron chi connectivity index (χ1n) is 10.5. The number of para-hydroxylation sites is 1. The number of ether oxygens (including phenoxy) is 1. The lowest BCUT2D eigenvalue weighted by Gasteiger charge is -2.23. The number of carbonyl (C=O) groups is 1. The van der Waals surface area contributed by atoms with Gasteiger partial charge in [0.25, 0.3) is 5.91 Å². The van der Waals surface area contributed by atoms with Crippen molar-refractivity contribution in [2.75, 3.05) is 19.9 Å². The molecule has 1 aliphatic heterocycles. The van der Waals surface area contributed by atoms with Gasteiger partial charge in [0.2, 0.25) is 0 Å². The quantitative estimate of drug-likeness (QED) is 0.384. The number of carbonyl (C=O) groups excluding carboxylic acids is 1. The lowest BCUT2D eigenvalue weighted by atomic mass is 10.1. The average Bonchev–Trinajstić information content (AvgIpc) is 3.55. The molecule has 1 unspecified atom stereocenters. The van der Waals surface area contributed by atoms with Gasteiger partial charge in [-0.2, -0.15) is 0 Å². The molecule has 0 spiro atoms. The third-order valence-electron chi connectivity index (χ3n) is 5.81. The third-order valence-corrected chi connectivity index (χ3v) is 7.60. The lowest BCUT2D eigenvalue weighted by Crippen LogP contribution is -2.31. The van der Waals surface area contributed by atoms with Crippen LogP contribution in [-0.4, -0.2) is 45.7 Å². The summed E-state index contributed by atoms with van der Waals surface area (Å²) in [7, 11) is 1.65. The second-order valence-electron chi connectivity index (χ2n) is 7.78. The maximum atomic E-state index is 13.7. The molecule has 164 valence electrons. The molecule has 0 radical (unpaired) electrons. The maximum absolute atomic E-state index is 13.7. The number of amides is 1. The van der Waals surface area contributed by atoms with Crippen molar-refractivity contribution in [3.05, 3.63) is 59.0 Å². The molecule has 1 amide bonds. The molecule has 6 nitrogen and oxygen atoms in total. The van der Waals surface area contributed by atoms with Crippen LogP contribution < -0.4 is 4.74 Å². The summed E-state index contributed by atoms with van der Waals surface area (Å²) in [5, 5.41) is 0.871. The summed E-state index contributed by atoms with van der Waals surface area (Å²) in [5.74, 6) is 1.57. The van der Waals surface area contributed by atoms with Crippen molar-refractivity contribution in [3.63, 3.8) is 0 Å². The van der Waals surface area contributed by atoms with Crippen molar-refractivity contribution in [3.8, 4) is 16.2 Å². The van der Waals surface area contributed by atoms with Crippen LogP contribution in [0.15, 0.2) is 47.4 Å². The largest absolute Gasteiger partial charge is 0.497 e. The van der Waals surface area contributed by atoms with Crippen molar-refractivity contribution in [1.29, 1.82) is 0 Å². The van der Waals surface area contributed by atoms with Gasteiger partial charge in [-0.05, 0) is 55.9 Å². The van der Waals surface area contributed by atoms with Crippen LogP contribution in [0.2, 0.25) is 0 Å². The Kier molecular flexibility index (Phi) is 5.65. The van der Waals surface area contributed by atoms with Gasteiger partial charge in [0.15, 0.2) is 0 Å². The van der Waals surface area contributed by atoms with E-state index in [2.05, 4.69) is 22.3 Å². The summed E-state index contributed by atoms with van der Waals surface area (Å²) >= 11 is 3.22. The Balaban J connectivity index is 1.51. The number of imidazole rings is 1. The van der Waals surface area contributed by atoms with E-state index in [1.54, 1.807) is 18.9 Å². The molecule has 2 aromatic carbocycles. The van der Waals surface area contributed by atoms with Gasteiger partial charge in [-0.1, -0.05) is 18.2 Å². The van der Waals surface area contributed by atoms with Crippen molar-refractivity contribution in [1.82, 2.24) is 19.9 Å². The Morgan fingerprint density at radius 1 is 1.25 bits per heavy atom. The minimum atomic E-state index is -0.0789. The molecule has 1 saturated heterocycles. The smallest absolute Gasteiger partial charge is 0.274 e. The molecule has 0 saturated carbocycles. The van der Waals surface area contributed by atoms with E-state index in [0.29, 0.717) is 12.2 Å². The Morgan fingerprint density at radius 3 is 2.91 bits per heavy atom. The van der Waals surface area contributed by atoms with Crippen LogP contribution in [0.1, 0.15) is 40.2 Å². The highest BCUT2D eigenvalue weighted by molar-refractivity contribution is 7.98. The van der Waals surface area contributed by atoms with Gasteiger partial charge in [-0.3, -0.25) is 4.79 Å². The van der Waals surface area contributed by atoms with Crippen LogP contribution in [-0.2, 0) is 0 Å². The van der Waals surface area contributed by atoms with Gasteiger partial charge < -0.3 is 14.6 Å². The summed E-state index contributed by atoms with van der Waals surface area (Å²) in [4.78, 5) is 30.7. The monoisotopic (exact) mass is 464 g/mol. The number of methoxy groups -OCH3 is 1. The van der Waals surface area contributed by atoms with Gasteiger partial charge in [-0.25, -0.2) is 9.97 Å². The van der Waals surface area contributed by atoms with E-state index in [9.17, 15) is 4.79 Å². The topological polar surface area (TPSA) is 71.1 Å². The second kappa shape index (κ2) is 8.60. The molecular weight excluding hydrogens is 440 g/mol. The number of aromatic amines is 1. The highest BCUT2D eigenvalue weighted by atomic mass is 32.2. The Labute approximate surface area is 195 Å². The maximum Gasteiger partial charge on any atom is 0.274 e. The molecular formula is C24H24N4O2S2. The molecule has 1 N–H and O–H groups in total. The van der Waals surface area contributed by atoms with E-state index in [-0.39, 0.29) is 11.9 Å². The first kappa shape index (κ1) is 21.0. The van der Waals surface area contributed by atoms with E-state index >= 15 is 0 Å². The fourth-order valence-corrected chi connectivity index (χ4v) is 5.78. The molecule has 3 heterocycles. The highest BCUT2D eigenvalue weighted by Gasteiger charge is 2.35. The lowest BCUT2D eigenvalue weighted by molar-refractivity contribution is 0.0726. The zero-order valence-corrected chi connectivity index (χ0v) is 19.8. The summed E-state index contributed by atoms with van der Waals surface area (Å²) in [6.45, 7) is 2.64. The number of nitrogens with zero attached hydrogens (tertiary/aromatic N) is 3. The molecule has 0 bridgehead atoms. The average molecular weight is 465 g/mol. The molecule has 32 heavy (non-hydrogen) atoms. The molecule has 1 fully saturated rings. The van der Waals surface area contributed by atoms with Gasteiger partial charge in [0.05, 0.1) is 28.6 Å². The van der Waals surface area contributed by atoms with Gasteiger partial charge >= 0.3 is 0 Å². The van der Waals surface area contributed by atoms with Crippen LogP contribution in [0.3, 0.4) is 0 Å². The molecule has 1 atom stereocenters. The van der Waals surface area contributed by atoms with Crippen LogP contribution in [0.4, 0.5) is 0 Å². The van der Waals surface area contributed by atoms with E-state index in [1.165, 1.54) is 11.3 Å². The molecule has 5 rings (SSSR count). The predicted octanol–water partition coefficient (Wildman–Crippen LogP) is 5.70. The van der Waals surface area contributed by atoms with Gasteiger partial charge in [0, 0.05) is 11.4 Å². The highest BCUT2D eigenvalue weighted by Crippen LogP contribution is 2.38. The molecule has 4 aromatic rings. The van der Waals surface area contributed by atoms with Crippen LogP contribution in [0.5, 0.6) is 5.75 Å². The van der Waals surface area contributed by atoms with Crippen molar-refractivity contribution in [2.45, 2.75) is 30.7 Å². The van der Waals surface area contributed by atoms with Crippen molar-refractivity contribution < 1.29 is 9.53 Å². The molecule has 1 aliphatic rings. The first-order valence-corrected chi connectivity index (χ1v) is 12.6. The SMILES string of the molecule is COc1cccc(-c2sc(C)nc2C(=O)N2CCCC2c2nc3c(SC)cccc3[nH]2)c1. The minimum Gasteiger partial charge on any atom is -0.497 e. The summed E-state index contributed by atoms with van der Waals surface area (Å²) < 4.78 is 5.38. The number of hydrogen-bond acceptors (Lipinski definition) is 6. The van der Waals surface area contributed by atoms with E-state index in [1.807, 2.05) is 48.2 Å². The second-order valence-corrected chi connectivity index (χ2v) is 9.83. The number of rotatable bonds is 5. The molecule has 0 aliphatic carbocycles. The standard InChI is InChI=1S/C24H24N4O2S2/c1-14-25-21(22(32-14)15-7-4-8-16(13-15)30-2)24(29)28-12-6-10-18(28)23-26-17-9-5-11-19(31-3)20(17)27-23/h4-5,7-9,11,13,18H,6,10,12H2,1-3H3,(H,26,27). The number of thioether (sulfide) groups is 1. The summed E-state index contributed by atoms with van der Waals surface area (Å²) in [6.07, 6.45) is 3.89. The van der Waals surface area contributed by atoms with Gasteiger partial charge in [-0.15, -0.1) is 23.1 Å². The predicted molar refractivity (Wildman–Crippen MR) is 130 cm³/mol. The Bertz CT molecular complexity index is 1300. The summed E-state index contributed by atoms with van der Waals surface area (Å²) in [5.41, 5.74) is 3.43. The fraction of sp³-hybridized carbons (Fsp3) is 0.292. The van der Waals surface area contributed by atoms with Crippen LogP contribution >= 0.6 is 23.1 Å². The minimum absolute atomic E-state index is 0.0415. The number of thiazole rings is 1. The third kappa shape index (κ3) is 3.67. The molecule has 8 heteroatoms. The number of fused-ring (bicyclic) bond motifs is 1. The first-order chi connectivity index (χ1) is 15.6. The van der Waals surface area contributed by atoms with Crippen LogP contribution in [0.25, 0.3) is 21.5 Å².